The van der Waals surface area contributed by atoms with Crippen LogP contribution in [-0.2, 0) is 15.6 Å². The summed E-state index contributed by atoms with van der Waals surface area (Å²) >= 11 is 3.64. The average molecular weight is 500 g/mol. The van der Waals surface area contributed by atoms with Crippen molar-refractivity contribution in [2.75, 3.05) is 37.3 Å². The predicted molar refractivity (Wildman–Crippen MR) is 130 cm³/mol. The lowest BCUT2D eigenvalue weighted by atomic mass is 10.0. The highest BCUT2D eigenvalue weighted by Crippen LogP contribution is 2.33. The quantitative estimate of drug-likeness (QED) is 0.591. The minimum absolute atomic E-state index is 0.0338. The lowest BCUT2D eigenvalue weighted by molar-refractivity contribution is -0.120. The van der Waals surface area contributed by atoms with Gasteiger partial charge in [-0.25, -0.2) is 0 Å². The average Bonchev–Trinajstić information content (AvgIpc) is 2.74. The van der Waals surface area contributed by atoms with Crippen molar-refractivity contribution in [2.24, 2.45) is 0 Å². The van der Waals surface area contributed by atoms with Crippen LogP contribution in [0.15, 0.2) is 47.4 Å². The van der Waals surface area contributed by atoms with Gasteiger partial charge in [0.1, 0.15) is 0 Å². The van der Waals surface area contributed by atoms with Gasteiger partial charge in [-0.15, -0.1) is 0 Å². The molecule has 162 valence electrons. The predicted octanol–water partition coefficient (Wildman–Crippen LogP) is 4.39. The number of allylic oxidation sites excluding steroid dienone is 1. The molecular weight excluding hydrogens is 474 g/mol. The number of piperazine rings is 1. The van der Waals surface area contributed by atoms with Crippen molar-refractivity contribution in [1.29, 1.82) is 5.26 Å². The molecule has 1 heterocycles. The van der Waals surface area contributed by atoms with Crippen LogP contribution < -0.4 is 4.90 Å². The number of halogens is 1. The van der Waals surface area contributed by atoms with Gasteiger partial charge in [0.25, 0.3) is 0 Å². The van der Waals surface area contributed by atoms with Crippen LogP contribution in [0.3, 0.4) is 0 Å². The molecule has 0 radical (unpaired) electrons. The molecule has 0 aromatic heterocycles. The maximum atomic E-state index is 12.6. The number of amides is 1. The Morgan fingerprint density at radius 2 is 1.94 bits per heavy atom. The lowest BCUT2D eigenvalue weighted by Crippen LogP contribution is -2.49. The maximum absolute atomic E-state index is 12.6. The lowest BCUT2D eigenvalue weighted by Gasteiger charge is -2.33. The Morgan fingerprint density at radius 3 is 2.58 bits per heavy atom. The summed E-state index contributed by atoms with van der Waals surface area (Å²) in [5.74, 6) is 0.547. The van der Waals surface area contributed by atoms with Gasteiger partial charge in [0, 0.05) is 33.9 Å². The van der Waals surface area contributed by atoms with Crippen molar-refractivity contribution in [1.82, 2.24) is 4.90 Å². The van der Waals surface area contributed by atoms with Crippen LogP contribution in [0.5, 0.6) is 0 Å². The van der Waals surface area contributed by atoms with Crippen molar-refractivity contribution in [3.8, 4) is 6.07 Å². The molecule has 0 N–H and O–H groups in total. The fourth-order valence-electron chi connectivity index (χ4n) is 3.55. The van der Waals surface area contributed by atoms with Crippen molar-refractivity contribution in [3.05, 3.63) is 64.7 Å². The topological polar surface area (TPSA) is 64.4 Å². The highest BCUT2D eigenvalue weighted by atomic mass is 79.9. The molecule has 0 bridgehead atoms. The summed E-state index contributed by atoms with van der Waals surface area (Å²) in [6, 6.07) is 13.6. The number of anilines is 1. The van der Waals surface area contributed by atoms with E-state index in [-0.39, 0.29) is 5.91 Å². The summed E-state index contributed by atoms with van der Waals surface area (Å²) in [6.45, 7) is 5.74. The molecule has 7 heteroatoms. The number of hydrogen-bond acceptors (Lipinski definition) is 4. The molecule has 0 spiro atoms. The van der Waals surface area contributed by atoms with Gasteiger partial charge in [-0.1, -0.05) is 39.7 Å². The molecule has 1 amide bonds. The zero-order valence-corrected chi connectivity index (χ0v) is 20.4. The van der Waals surface area contributed by atoms with Crippen LogP contribution in [0, 0.1) is 25.2 Å². The summed E-state index contributed by atoms with van der Waals surface area (Å²) in [5, 5.41) is 9.52. The first-order valence-electron chi connectivity index (χ1n) is 10.1. The third-order valence-electron chi connectivity index (χ3n) is 5.38. The zero-order valence-electron chi connectivity index (χ0n) is 18.0. The second-order valence-electron chi connectivity index (χ2n) is 7.77. The molecule has 0 saturated carbocycles. The van der Waals surface area contributed by atoms with E-state index in [1.54, 1.807) is 11.0 Å². The largest absolute Gasteiger partial charge is 0.310 e. The van der Waals surface area contributed by atoms with E-state index < -0.39 is 10.8 Å². The number of nitrogens with zero attached hydrogens (tertiary/aromatic N) is 3. The molecule has 1 fully saturated rings. The smallest absolute Gasteiger partial charge is 0.241 e. The van der Waals surface area contributed by atoms with Gasteiger partial charge >= 0.3 is 0 Å². The number of likely N-dealkylation sites (N-methyl/N-ethyl adjacent to an activating group) is 1. The first-order chi connectivity index (χ1) is 14.8. The zero-order chi connectivity index (χ0) is 22.5. The van der Waals surface area contributed by atoms with E-state index in [9.17, 15) is 14.3 Å². The van der Waals surface area contributed by atoms with Crippen molar-refractivity contribution < 1.29 is 9.00 Å². The van der Waals surface area contributed by atoms with Crippen LogP contribution in [0.1, 0.15) is 28.7 Å². The molecule has 3 rings (SSSR count). The second kappa shape index (κ2) is 10.4. The maximum Gasteiger partial charge on any atom is 0.241 e. The van der Waals surface area contributed by atoms with E-state index >= 15 is 0 Å². The summed E-state index contributed by atoms with van der Waals surface area (Å²) in [4.78, 5) is 17.2. The van der Waals surface area contributed by atoms with Crippen molar-refractivity contribution >= 4 is 42.8 Å². The standard InChI is InChI=1S/C24H26BrN3O2S/c1-17-6-8-20(9-7-17)31(30)12-4-5-22(25)21-13-19(15-26)14-23(18(21)2)28-11-10-27(3)16-24(28)29/h5-9,13-14H,4,10-12,16H2,1-3H3/b22-5+. The first-order valence-corrected chi connectivity index (χ1v) is 12.3. The number of carbonyl (C=O) groups excluding carboxylic acids is 1. The Labute approximate surface area is 194 Å². The number of carbonyl (C=O) groups is 1. The third kappa shape index (κ3) is 5.70. The Balaban J connectivity index is 1.80. The van der Waals surface area contributed by atoms with Gasteiger partial charge in [-0.2, -0.15) is 5.26 Å². The Hall–Kier alpha value is -2.27. The Kier molecular flexibility index (Phi) is 7.82. The van der Waals surface area contributed by atoms with Gasteiger partial charge < -0.3 is 4.90 Å². The van der Waals surface area contributed by atoms with Crippen molar-refractivity contribution in [3.63, 3.8) is 0 Å². The van der Waals surface area contributed by atoms with Crippen LogP contribution >= 0.6 is 15.9 Å². The van der Waals surface area contributed by atoms with E-state index in [1.165, 1.54) is 0 Å². The molecule has 1 saturated heterocycles. The van der Waals surface area contributed by atoms with E-state index in [0.717, 1.165) is 38.3 Å². The normalized spacial score (nSPS) is 16.3. The third-order valence-corrected chi connectivity index (χ3v) is 7.54. The molecule has 0 aliphatic carbocycles. The number of aryl methyl sites for hydroxylation is 1. The number of hydrogen-bond donors (Lipinski definition) is 0. The minimum Gasteiger partial charge on any atom is -0.310 e. The Bertz CT molecular complexity index is 1070. The molecule has 5 nitrogen and oxygen atoms in total. The molecule has 31 heavy (non-hydrogen) atoms. The summed E-state index contributed by atoms with van der Waals surface area (Å²) in [7, 11) is 0.862. The van der Waals surface area contributed by atoms with E-state index in [2.05, 4.69) is 22.0 Å². The van der Waals surface area contributed by atoms with Gasteiger partial charge in [-0.3, -0.25) is 13.9 Å². The van der Waals surface area contributed by atoms with Gasteiger partial charge in [0.05, 0.1) is 29.0 Å². The fourth-order valence-corrected chi connectivity index (χ4v) is 5.20. The molecule has 1 unspecified atom stereocenters. The highest BCUT2D eigenvalue weighted by molar-refractivity contribution is 9.15. The minimum atomic E-state index is -1.07. The number of nitriles is 1. The van der Waals surface area contributed by atoms with Crippen molar-refractivity contribution in [2.45, 2.75) is 25.2 Å². The summed E-state index contributed by atoms with van der Waals surface area (Å²) in [5.41, 5.74) is 4.25. The molecular formula is C24H26BrN3O2S. The van der Waals surface area contributed by atoms with E-state index in [4.69, 9.17) is 0 Å². The second-order valence-corrected chi connectivity index (χ2v) is 10.2. The number of benzene rings is 2. The summed E-state index contributed by atoms with van der Waals surface area (Å²) in [6.07, 6.45) is 2.62. The SMILES string of the molecule is Cc1ccc(S(=O)CC/C=C(/Br)c2cc(C#N)cc(N3CCN(C)CC3=O)c2C)cc1. The van der Waals surface area contributed by atoms with E-state index in [1.807, 2.05) is 62.2 Å². The summed E-state index contributed by atoms with van der Waals surface area (Å²) < 4.78 is 13.4. The van der Waals surface area contributed by atoms with Crippen LogP contribution in [-0.4, -0.2) is 47.5 Å². The number of rotatable bonds is 6. The van der Waals surface area contributed by atoms with Crippen LogP contribution in [0.2, 0.25) is 0 Å². The molecule has 1 aliphatic heterocycles. The van der Waals surface area contributed by atoms with E-state index in [0.29, 0.717) is 30.8 Å². The van der Waals surface area contributed by atoms with Gasteiger partial charge in [0.2, 0.25) is 5.91 Å². The monoisotopic (exact) mass is 499 g/mol. The molecule has 1 atom stereocenters. The van der Waals surface area contributed by atoms with Gasteiger partial charge in [0.15, 0.2) is 0 Å². The Morgan fingerprint density at radius 1 is 1.23 bits per heavy atom. The molecule has 1 aliphatic rings. The fraction of sp³-hybridized carbons (Fsp3) is 0.333. The van der Waals surface area contributed by atoms with Crippen LogP contribution in [0.4, 0.5) is 5.69 Å². The molecule has 2 aromatic rings. The molecule has 2 aromatic carbocycles. The first kappa shape index (κ1) is 23.4. The highest BCUT2D eigenvalue weighted by Gasteiger charge is 2.25. The van der Waals surface area contributed by atoms with Gasteiger partial charge in [-0.05, 0) is 62.7 Å². The van der Waals surface area contributed by atoms with Crippen LogP contribution in [0.25, 0.3) is 4.48 Å².